The molecule has 0 atom stereocenters. The van der Waals surface area contributed by atoms with Gasteiger partial charge in [0.15, 0.2) is 11.0 Å². The highest BCUT2D eigenvalue weighted by molar-refractivity contribution is 7.86. The largest absolute Gasteiger partial charge is 0.329 e. The van der Waals surface area contributed by atoms with Crippen molar-refractivity contribution in [3.8, 4) is 0 Å². The number of aryl methyl sites for hydroxylation is 2. The predicted octanol–water partition coefficient (Wildman–Crippen LogP) is 4.17. The highest BCUT2D eigenvalue weighted by atomic mass is 32.2. The summed E-state index contributed by atoms with van der Waals surface area (Å²) in [5.74, 6) is 1.41. The number of rotatable bonds is 13. The summed E-state index contributed by atoms with van der Waals surface area (Å²) in [6.45, 7) is 1.22. The van der Waals surface area contributed by atoms with Crippen molar-refractivity contribution in [1.29, 1.82) is 0 Å². The minimum Gasteiger partial charge on any atom is -0.329 e. The Kier molecular flexibility index (Phi) is 9.69. The quantitative estimate of drug-likeness (QED) is 0.130. The third-order valence-corrected chi connectivity index (χ3v) is 8.70. The molecule has 41 heavy (non-hydrogen) atoms. The van der Waals surface area contributed by atoms with Gasteiger partial charge in [0.1, 0.15) is 5.82 Å². The summed E-state index contributed by atoms with van der Waals surface area (Å²) < 4.78 is 66.8. The molecule has 12 heteroatoms. The molecule has 0 saturated carbocycles. The number of nitrogens with zero attached hydrogens (tertiary/aromatic N) is 4. The second-order valence-corrected chi connectivity index (χ2v) is 13.2. The number of anilines is 2. The van der Waals surface area contributed by atoms with Crippen LogP contribution in [0.1, 0.15) is 31.5 Å². The average molecular weight is 602 g/mol. The summed E-state index contributed by atoms with van der Waals surface area (Å²) in [7, 11) is -3.97. The number of benzene rings is 2. The standard InChI is InChI=1S/C29H36N4O6S2/c1-30-24-14-6-8-16-26(24)32(20-10-12-22-40(34,35)36)28(30)18-4-3-5-19-29-31(2)25-15-7-9-17-27(25)33(29)21-11-13-23-41(37,38)39/h3-9,14-19H,10-13,20-23H2,1-2H3,(H-,34,35,36,37,38,39)/p+1. The highest BCUT2D eigenvalue weighted by Gasteiger charge is 2.27. The fourth-order valence-electron chi connectivity index (χ4n) is 5.14. The zero-order chi connectivity index (χ0) is 29.6. The van der Waals surface area contributed by atoms with E-state index in [1.807, 2.05) is 93.0 Å². The molecule has 220 valence electrons. The van der Waals surface area contributed by atoms with E-state index in [0.717, 1.165) is 34.1 Å². The molecule has 1 aliphatic heterocycles. The lowest BCUT2D eigenvalue weighted by atomic mass is 10.2. The van der Waals surface area contributed by atoms with E-state index in [1.54, 1.807) is 0 Å². The Hall–Kier alpha value is -3.45. The van der Waals surface area contributed by atoms with Crippen LogP contribution in [0.3, 0.4) is 0 Å². The van der Waals surface area contributed by atoms with Gasteiger partial charge in [-0.1, -0.05) is 42.5 Å². The van der Waals surface area contributed by atoms with E-state index < -0.39 is 20.2 Å². The first-order valence-corrected chi connectivity index (χ1v) is 16.7. The van der Waals surface area contributed by atoms with Gasteiger partial charge in [0.2, 0.25) is 0 Å². The third-order valence-electron chi connectivity index (χ3n) is 7.09. The number of unbranched alkanes of at least 4 members (excludes halogenated alkanes) is 2. The average Bonchev–Trinajstić information content (AvgIpc) is 3.34. The molecule has 0 radical (unpaired) electrons. The second-order valence-electron chi connectivity index (χ2n) is 10.0. The molecule has 0 saturated heterocycles. The van der Waals surface area contributed by atoms with Crippen molar-refractivity contribution in [3.63, 3.8) is 0 Å². The number of hydrogen-bond donors (Lipinski definition) is 2. The molecule has 0 fully saturated rings. The van der Waals surface area contributed by atoms with Crippen LogP contribution in [0.4, 0.5) is 11.4 Å². The summed E-state index contributed by atoms with van der Waals surface area (Å²) >= 11 is 0. The fourth-order valence-corrected chi connectivity index (χ4v) is 6.28. The van der Waals surface area contributed by atoms with Crippen LogP contribution >= 0.6 is 0 Å². The normalized spacial score (nSPS) is 15.3. The molecule has 2 aromatic carbocycles. The summed E-state index contributed by atoms with van der Waals surface area (Å²) in [5.41, 5.74) is 4.20. The van der Waals surface area contributed by atoms with Gasteiger partial charge < -0.3 is 9.80 Å². The Balaban J connectivity index is 1.51. The van der Waals surface area contributed by atoms with Gasteiger partial charge in [-0.2, -0.15) is 16.8 Å². The van der Waals surface area contributed by atoms with Crippen molar-refractivity contribution in [2.45, 2.75) is 32.2 Å². The smallest absolute Gasteiger partial charge is 0.282 e. The van der Waals surface area contributed by atoms with Gasteiger partial charge >= 0.3 is 0 Å². The van der Waals surface area contributed by atoms with Crippen molar-refractivity contribution in [2.24, 2.45) is 7.05 Å². The van der Waals surface area contributed by atoms with E-state index in [4.69, 9.17) is 9.11 Å². The minimum atomic E-state index is -3.98. The maximum atomic E-state index is 11.1. The molecule has 0 amide bonds. The predicted molar refractivity (Wildman–Crippen MR) is 163 cm³/mol. The van der Waals surface area contributed by atoms with Crippen molar-refractivity contribution in [2.75, 3.05) is 34.9 Å². The second kappa shape index (κ2) is 13.0. The van der Waals surface area contributed by atoms with Crippen LogP contribution in [0.25, 0.3) is 17.1 Å². The van der Waals surface area contributed by atoms with E-state index in [-0.39, 0.29) is 11.5 Å². The molecule has 0 unspecified atom stereocenters. The summed E-state index contributed by atoms with van der Waals surface area (Å²) in [6, 6.07) is 16.1. The third kappa shape index (κ3) is 7.85. The van der Waals surface area contributed by atoms with E-state index >= 15 is 0 Å². The zero-order valence-electron chi connectivity index (χ0n) is 23.3. The van der Waals surface area contributed by atoms with Crippen molar-refractivity contribution in [1.82, 2.24) is 4.57 Å². The van der Waals surface area contributed by atoms with E-state index in [2.05, 4.69) is 18.9 Å². The number of allylic oxidation sites excluding steroid dienone is 4. The molecule has 2 N–H and O–H groups in total. The molecule has 1 aliphatic rings. The van der Waals surface area contributed by atoms with Crippen molar-refractivity contribution in [3.05, 3.63) is 84.5 Å². The van der Waals surface area contributed by atoms with Gasteiger partial charge in [0.05, 0.1) is 36.5 Å². The topological polar surface area (TPSA) is 124 Å². The Morgan fingerprint density at radius 2 is 1.39 bits per heavy atom. The molecule has 0 spiro atoms. The summed E-state index contributed by atoms with van der Waals surface area (Å²) in [4.78, 5) is 4.24. The number of fused-ring (bicyclic) bond motifs is 2. The Labute approximate surface area is 242 Å². The van der Waals surface area contributed by atoms with Crippen LogP contribution in [-0.4, -0.2) is 55.6 Å². The SMILES string of the molecule is CN1C(=CC=CC=Cc2n(CCCCS(=O)(=O)O)c3ccccc3[n+]2C)N(CCCCS(=O)(=O)O)c2ccccc21. The molecule has 3 aromatic rings. The van der Waals surface area contributed by atoms with Gasteiger partial charge in [0, 0.05) is 19.7 Å². The van der Waals surface area contributed by atoms with E-state index in [9.17, 15) is 16.8 Å². The molecule has 1 aromatic heterocycles. The van der Waals surface area contributed by atoms with Crippen LogP contribution in [-0.2, 0) is 33.8 Å². The van der Waals surface area contributed by atoms with E-state index in [1.165, 1.54) is 0 Å². The lowest BCUT2D eigenvalue weighted by molar-refractivity contribution is -0.647. The molecule has 0 aliphatic carbocycles. The minimum absolute atomic E-state index is 0.253. The van der Waals surface area contributed by atoms with Gasteiger partial charge in [0.25, 0.3) is 26.1 Å². The lowest BCUT2D eigenvalue weighted by Crippen LogP contribution is -2.31. The number of hydrogen-bond acceptors (Lipinski definition) is 6. The Bertz CT molecular complexity index is 1690. The van der Waals surface area contributed by atoms with Crippen LogP contribution in [0.2, 0.25) is 0 Å². The molecular formula is C29H37N4O6S2+. The summed E-state index contributed by atoms with van der Waals surface area (Å²) in [5, 5.41) is 0. The number of aromatic nitrogens is 2. The van der Waals surface area contributed by atoms with Crippen LogP contribution in [0, 0.1) is 0 Å². The van der Waals surface area contributed by atoms with Crippen LogP contribution in [0.5, 0.6) is 0 Å². The number of imidazole rings is 1. The molecule has 10 nitrogen and oxygen atoms in total. The van der Waals surface area contributed by atoms with Gasteiger partial charge in [-0.25, -0.2) is 9.13 Å². The first-order chi connectivity index (χ1) is 19.5. The highest BCUT2D eigenvalue weighted by Crippen LogP contribution is 2.40. The Morgan fingerprint density at radius 3 is 2.07 bits per heavy atom. The van der Waals surface area contributed by atoms with Crippen LogP contribution in [0.15, 0.2) is 78.7 Å². The van der Waals surface area contributed by atoms with Crippen LogP contribution < -0.4 is 14.4 Å². The van der Waals surface area contributed by atoms with E-state index in [0.29, 0.717) is 38.8 Å². The maximum absolute atomic E-state index is 11.1. The maximum Gasteiger partial charge on any atom is 0.282 e. The number of para-hydroxylation sites is 4. The van der Waals surface area contributed by atoms with Gasteiger partial charge in [-0.15, -0.1) is 0 Å². The molecule has 4 rings (SSSR count). The van der Waals surface area contributed by atoms with Gasteiger partial charge in [-0.05, 0) is 56.0 Å². The molecule has 0 bridgehead atoms. The first-order valence-electron chi connectivity index (χ1n) is 13.5. The van der Waals surface area contributed by atoms with Gasteiger partial charge in [-0.3, -0.25) is 9.11 Å². The van der Waals surface area contributed by atoms with Crippen molar-refractivity contribution < 1.29 is 30.5 Å². The molecular weight excluding hydrogens is 564 g/mol. The zero-order valence-corrected chi connectivity index (χ0v) is 24.9. The van der Waals surface area contributed by atoms with Crippen molar-refractivity contribution >= 4 is 48.7 Å². The lowest BCUT2D eigenvalue weighted by Gasteiger charge is -2.22. The monoisotopic (exact) mass is 601 g/mol. The Morgan fingerprint density at radius 1 is 0.780 bits per heavy atom. The summed E-state index contributed by atoms with van der Waals surface area (Å²) in [6.07, 6.45) is 11.8. The fraction of sp³-hybridized carbons (Fsp3) is 0.345. The first kappa shape index (κ1) is 30.5. The molecule has 2 heterocycles.